The number of rotatable bonds is 0. The molecule has 1 heteroatoms. The molecule has 1 nitrogen and oxygen atoms in total. The lowest BCUT2D eigenvalue weighted by molar-refractivity contribution is 0.681. The van der Waals surface area contributed by atoms with Crippen molar-refractivity contribution < 1.29 is 0 Å². The summed E-state index contributed by atoms with van der Waals surface area (Å²) in [5, 5.41) is 3.34. The van der Waals surface area contributed by atoms with Crippen LogP contribution in [-0.4, -0.2) is 13.1 Å². The molecule has 1 fully saturated rings. The first kappa shape index (κ1) is 7.55. The van der Waals surface area contributed by atoms with Crippen LogP contribution < -0.4 is 5.32 Å². The Balaban J connectivity index is 2.69. The Morgan fingerprint density at radius 2 is 1.90 bits per heavy atom. The SMILES string of the molecule is CC=C1CCNCC1=CC. The molecule has 0 aromatic rings. The molecule has 0 aliphatic carbocycles. The molecule has 0 bridgehead atoms. The van der Waals surface area contributed by atoms with Gasteiger partial charge in [0.15, 0.2) is 0 Å². The Bertz CT molecular complexity index is 146. The van der Waals surface area contributed by atoms with Crippen LogP contribution in [0.2, 0.25) is 0 Å². The van der Waals surface area contributed by atoms with Gasteiger partial charge in [-0.3, -0.25) is 0 Å². The van der Waals surface area contributed by atoms with Crippen molar-refractivity contribution in [1.29, 1.82) is 0 Å². The fraction of sp³-hybridized carbons (Fsp3) is 0.556. The average molecular weight is 137 g/mol. The van der Waals surface area contributed by atoms with Gasteiger partial charge in [-0.1, -0.05) is 12.2 Å². The van der Waals surface area contributed by atoms with Crippen LogP contribution in [0.3, 0.4) is 0 Å². The molecule has 0 spiro atoms. The molecule has 0 radical (unpaired) electrons. The second-order valence-electron chi connectivity index (χ2n) is 2.55. The van der Waals surface area contributed by atoms with Crippen molar-refractivity contribution in [2.45, 2.75) is 20.3 Å². The van der Waals surface area contributed by atoms with E-state index in [-0.39, 0.29) is 0 Å². The second kappa shape index (κ2) is 3.57. The van der Waals surface area contributed by atoms with Crippen LogP contribution in [0.15, 0.2) is 23.3 Å². The van der Waals surface area contributed by atoms with Crippen molar-refractivity contribution in [3.05, 3.63) is 23.3 Å². The summed E-state index contributed by atoms with van der Waals surface area (Å²) >= 11 is 0. The maximum absolute atomic E-state index is 3.34. The molecule has 0 amide bonds. The first-order chi connectivity index (χ1) is 4.88. The summed E-state index contributed by atoms with van der Waals surface area (Å²) in [6.07, 6.45) is 5.60. The minimum absolute atomic E-state index is 1.05. The summed E-state index contributed by atoms with van der Waals surface area (Å²) in [5.74, 6) is 0. The summed E-state index contributed by atoms with van der Waals surface area (Å²) < 4.78 is 0. The van der Waals surface area contributed by atoms with Crippen LogP contribution in [0.1, 0.15) is 20.3 Å². The quantitative estimate of drug-likeness (QED) is 0.537. The number of hydrogen-bond acceptors (Lipinski definition) is 1. The van der Waals surface area contributed by atoms with Gasteiger partial charge in [-0.2, -0.15) is 0 Å². The number of hydrogen-bond donors (Lipinski definition) is 1. The van der Waals surface area contributed by atoms with Crippen LogP contribution in [0.4, 0.5) is 0 Å². The predicted molar refractivity (Wildman–Crippen MR) is 45.0 cm³/mol. The lowest BCUT2D eigenvalue weighted by atomic mass is 9.99. The van der Waals surface area contributed by atoms with E-state index >= 15 is 0 Å². The third kappa shape index (κ3) is 1.48. The molecule has 1 heterocycles. The van der Waals surface area contributed by atoms with E-state index in [2.05, 4.69) is 31.3 Å². The first-order valence-electron chi connectivity index (χ1n) is 3.90. The van der Waals surface area contributed by atoms with Crippen molar-refractivity contribution in [3.63, 3.8) is 0 Å². The standard InChI is InChI=1S/C9H15N/c1-3-8-5-6-10-7-9(8)4-2/h3-4,10H,5-7H2,1-2H3. The molecule has 56 valence electrons. The molecule has 1 saturated heterocycles. The van der Waals surface area contributed by atoms with E-state index in [1.807, 2.05) is 0 Å². The van der Waals surface area contributed by atoms with Gasteiger partial charge >= 0.3 is 0 Å². The maximum atomic E-state index is 3.34. The summed E-state index contributed by atoms with van der Waals surface area (Å²) in [6.45, 7) is 6.41. The van der Waals surface area contributed by atoms with Gasteiger partial charge < -0.3 is 5.32 Å². The molecule has 10 heavy (non-hydrogen) atoms. The van der Waals surface area contributed by atoms with Crippen LogP contribution in [0.25, 0.3) is 0 Å². The zero-order chi connectivity index (χ0) is 7.40. The van der Waals surface area contributed by atoms with Gasteiger partial charge in [0.1, 0.15) is 0 Å². The molecule has 0 aromatic heterocycles. The highest BCUT2D eigenvalue weighted by atomic mass is 14.9. The topological polar surface area (TPSA) is 12.0 Å². The van der Waals surface area contributed by atoms with Gasteiger partial charge in [-0.15, -0.1) is 0 Å². The molecule has 0 atom stereocenters. The van der Waals surface area contributed by atoms with Gasteiger partial charge in [0.25, 0.3) is 0 Å². The summed E-state index contributed by atoms with van der Waals surface area (Å²) in [5.41, 5.74) is 2.98. The van der Waals surface area contributed by atoms with Gasteiger partial charge in [0, 0.05) is 6.54 Å². The lowest BCUT2D eigenvalue weighted by Gasteiger charge is -2.18. The third-order valence-electron chi connectivity index (χ3n) is 2.00. The smallest absolute Gasteiger partial charge is 0.0204 e. The van der Waals surface area contributed by atoms with Gasteiger partial charge in [0.2, 0.25) is 0 Å². The molecule has 0 aromatic carbocycles. The monoisotopic (exact) mass is 137 g/mol. The van der Waals surface area contributed by atoms with E-state index in [1.54, 1.807) is 0 Å². The van der Waals surface area contributed by atoms with Crippen molar-refractivity contribution in [3.8, 4) is 0 Å². The highest BCUT2D eigenvalue weighted by Gasteiger charge is 2.07. The molecular weight excluding hydrogens is 122 g/mol. The number of nitrogens with one attached hydrogen (secondary N) is 1. The minimum Gasteiger partial charge on any atom is -0.312 e. The molecule has 1 aliphatic heterocycles. The van der Waals surface area contributed by atoms with Crippen molar-refractivity contribution >= 4 is 0 Å². The summed E-state index contributed by atoms with van der Waals surface area (Å²) in [4.78, 5) is 0. The van der Waals surface area contributed by atoms with Gasteiger partial charge in [-0.05, 0) is 38.0 Å². The highest BCUT2D eigenvalue weighted by molar-refractivity contribution is 5.33. The minimum atomic E-state index is 1.05. The Morgan fingerprint density at radius 1 is 1.20 bits per heavy atom. The van der Waals surface area contributed by atoms with Gasteiger partial charge in [0.05, 0.1) is 0 Å². The first-order valence-corrected chi connectivity index (χ1v) is 3.90. The van der Waals surface area contributed by atoms with Crippen molar-refractivity contribution in [1.82, 2.24) is 5.32 Å². The molecular formula is C9H15N. The lowest BCUT2D eigenvalue weighted by Crippen LogP contribution is -2.25. The van der Waals surface area contributed by atoms with Crippen LogP contribution in [0, 0.1) is 0 Å². The van der Waals surface area contributed by atoms with E-state index in [4.69, 9.17) is 0 Å². The Labute approximate surface area is 62.8 Å². The van der Waals surface area contributed by atoms with Crippen molar-refractivity contribution in [2.75, 3.05) is 13.1 Å². The molecule has 1 rings (SSSR count). The fourth-order valence-electron chi connectivity index (χ4n) is 1.34. The van der Waals surface area contributed by atoms with Crippen LogP contribution in [0.5, 0.6) is 0 Å². The normalized spacial score (nSPS) is 27.8. The van der Waals surface area contributed by atoms with Crippen LogP contribution >= 0.6 is 0 Å². The molecule has 0 saturated carbocycles. The van der Waals surface area contributed by atoms with Crippen LogP contribution in [-0.2, 0) is 0 Å². The summed E-state index contributed by atoms with van der Waals surface area (Å²) in [6, 6.07) is 0. The summed E-state index contributed by atoms with van der Waals surface area (Å²) in [7, 11) is 0. The van der Waals surface area contributed by atoms with Gasteiger partial charge in [-0.25, -0.2) is 0 Å². The molecule has 0 unspecified atom stereocenters. The third-order valence-corrected chi connectivity index (χ3v) is 2.00. The Kier molecular flexibility index (Phi) is 2.69. The Morgan fingerprint density at radius 3 is 2.40 bits per heavy atom. The predicted octanol–water partition coefficient (Wildman–Crippen LogP) is 1.87. The average Bonchev–Trinajstić information content (AvgIpc) is 2.04. The largest absolute Gasteiger partial charge is 0.312 e. The second-order valence-corrected chi connectivity index (χ2v) is 2.55. The zero-order valence-corrected chi connectivity index (χ0v) is 6.78. The molecule has 1 aliphatic rings. The fourth-order valence-corrected chi connectivity index (χ4v) is 1.34. The number of allylic oxidation sites excluding steroid dienone is 2. The highest BCUT2D eigenvalue weighted by Crippen LogP contribution is 2.15. The number of piperidine rings is 1. The molecule has 1 N–H and O–H groups in total. The van der Waals surface area contributed by atoms with E-state index in [0.717, 1.165) is 13.1 Å². The Hall–Kier alpha value is -0.560. The van der Waals surface area contributed by atoms with E-state index in [0.29, 0.717) is 0 Å². The maximum Gasteiger partial charge on any atom is 0.0204 e. The van der Waals surface area contributed by atoms with E-state index < -0.39 is 0 Å². The van der Waals surface area contributed by atoms with E-state index in [9.17, 15) is 0 Å². The zero-order valence-electron chi connectivity index (χ0n) is 6.78. The van der Waals surface area contributed by atoms with Crippen molar-refractivity contribution in [2.24, 2.45) is 0 Å². The van der Waals surface area contributed by atoms with E-state index in [1.165, 1.54) is 17.6 Å².